The Kier molecular flexibility index (Phi) is 6.55. The monoisotopic (exact) mass is 507 g/mol. The lowest BCUT2D eigenvalue weighted by molar-refractivity contribution is 0.0735. The Labute approximate surface area is 208 Å². The quantitative estimate of drug-likeness (QED) is 0.261. The van der Waals surface area contributed by atoms with Gasteiger partial charge in [-0.2, -0.15) is 4.31 Å². The maximum absolute atomic E-state index is 12.9. The molecule has 0 atom stereocenters. The van der Waals surface area contributed by atoms with Crippen molar-refractivity contribution in [2.75, 3.05) is 25.0 Å². The van der Waals surface area contributed by atoms with E-state index in [1.54, 1.807) is 17.4 Å². The van der Waals surface area contributed by atoms with Crippen LogP contribution in [0.1, 0.15) is 28.8 Å². The zero-order chi connectivity index (χ0) is 24.4. The number of anilines is 1. The van der Waals surface area contributed by atoms with Crippen LogP contribution in [0.3, 0.4) is 0 Å². The molecule has 0 saturated carbocycles. The molecule has 0 bridgehead atoms. The Hall–Kier alpha value is -3.27. The topological polar surface area (TPSA) is 79.8 Å². The van der Waals surface area contributed by atoms with Crippen molar-refractivity contribution < 1.29 is 17.9 Å². The second kappa shape index (κ2) is 9.77. The molecule has 1 fully saturated rings. The van der Waals surface area contributed by atoms with Gasteiger partial charge in [0.25, 0.3) is 0 Å². The van der Waals surface area contributed by atoms with Gasteiger partial charge in [0, 0.05) is 32.7 Å². The third-order valence-corrected chi connectivity index (χ3v) is 8.88. The Balaban J connectivity index is 1.27. The highest BCUT2D eigenvalue weighted by molar-refractivity contribution is 7.89. The fraction of sp³-hybridized carbons (Fsp3) is 0.231. The van der Waals surface area contributed by atoms with Crippen molar-refractivity contribution in [2.24, 2.45) is 0 Å². The summed E-state index contributed by atoms with van der Waals surface area (Å²) in [6, 6.07) is 20.6. The van der Waals surface area contributed by atoms with E-state index in [1.165, 1.54) is 48.5 Å². The van der Waals surface area contributed by atoms with Gasteiger partial charge in [0.15, 0.2) is 5.13 Å². The van der Waals surface area contributed by atoms with Crippen LogP contribution >= 0.6 is 11.3 Å². The first kappa shape index (κ1) is 23.5. The normalized spacial score (nSPS) is 14.1. The predicted molar refractivity (Wildman–Crippen MR) is 138 cm³/mol. The standard InChI is InChI=1S/C26H25N3O4S2/c1-28(18-19-7-3-2-4-8-19)35(31,32)22-12-9-20(10-13-22)25(30)33-21-11-14-23-24(17-21)34-26(27-23)29-15-5-6-16-29/h2-4,7-14,17H,5-6,15-16,18H2,1H3. The van der Waals surface area contributed by atoms with Gasteiger partial charge in [0.05, 0.1) is 20.7 Å². The third-order valence-electron chi connectivity index (χ3n) is 5.98. The maximum Gasteiger partial charge on any atom is 0.343 e. The second-order valence-electron chi connectivity index (χ2n) is 8.48. The number of carbonyl (C=O) groups is 1. The number of hydrogen-bond donors (Lipinski definition) is 0. The van der Waals surface area contributed by atoms with Gasteiger partial charge in [0.2, 0.25) is 10.0 Å². The molecule has 0 spiro atoms. The van der Waals surface area contributed by atoms with Crippen molar-refractivity contribution in [3.05, 3.63) is 83.9 Å². The van der Waals surface area contributed by atoms with Crippen LogP contribution in [0.4, 0.5) is 5.13 Å². The average molecular weight is 508 g/mol. The van der Waals surface area contributed by atoms with Gasteiger partial charge in [0.1, 0.15) is 5.75 Å². The molecule has 35 heavy (non-hydrogen) atoms. The Morgan fingerprint density at radius 2 is 1.74 bits per heavy atom. The number of esters is 1. The van der Waals surface area contributed by atoms with Crippen molar-refractivity contribution in [3.8, 4) is 5.75 Å². The lowest BCUT2D eigenvalue weighted by Gasteiger charge is -2.17. The molecule has 7 nitrogen and oxygen atoms in total. The zero-order valence-electron chi connectivity index (χ0n) is 19.3. The van der Waals surface area contributed by atoms with Crippen LogP contribution in [0.15, 0.2) is 77.7 Å². The molecule has 1 saturated heterocycles. The van der Waals surface area contributed by atoms with E-state index in [9.17, 15) is 13.2 Å². The summed E-state index contributed by atoms with van der Waals surface area (Å²) in [6.07, 6.45) is 2.37. The molecule has 1 aliphatic heterocycles. The van der Waals surface area contributed by atoms with E-state index in [0.29, 0.717) is 5.75 Å². The molecule has 0 amide bonds. The summed E-state index contributed by atoms with van der Waals surface area (Å²) in [5.74, 6) is -0.117. The number of rotatable bonds is 7. The van der Waals surface area contributed by atoms with Crippen LogP contribution in [0.2, 0.25) is 0 Å². The summed E-state index contributed by atoms with van der Waals surface area (Å²) >= 11 is 1.59. The Bertz CT molecular complexity index is 1450. The molecule has 1 aliphatic rings. The average Bonchev–Trinajstić information content (AvgIpc) is 3.54. The van der Waals surface area contributed by atoms with E-state index in [4.69, 9.17) is 4.74 Å². The Morgan fingerprint density at radius 3 is 2.46 bits per heavy atom. The Morgan fingerprint density at radius 1 is 1.03 bits per heavy atom. The highest BCUT2D eigenvalue weighted by Crippen LogP contribution is 2.33. The number of carbonyl (C=O) groups excluding carboxylic acids is 1. The van der Waals surface area contributed by atoms with Crippen molar-refractivity contribution in [3.63, 3.8) is 0 Å². The van der Waals surface area contributed by atoms with Gasteiger partial charge >= 0.3 is 5.97 Å². The van der Waals surface area contributed by atoms with E-state index in [2.05, 4.69) is 9.88 Å². The van der Waals surface area contributed by atoms with Gasteiger partial charge in [-0.15, -0.1) is 0 Å². The van der Waals surface area contributed by atoms with Crippen LogP contribution < -0.4 is 9.64 Å². The van der Waals surface area contributed by atoms with E-state index in [0.717, 1.165) is 34.0 Å². The highest BCUT2D eigenvalue weighted by Gasteiger charge is 2.22. The number of ether oxygens (including phenoxy) is 1. The number of nitrogens with zero attached hydrogens (tertiary/aromatic N) is 3. The number of sulfonamides is 1. The van der Waals surface area contributed by atoms with Crippen LogP contribution in [0.25, 0.3) is 10.2 Å². The zero-order valence-corrected chi connectivity index (χ0v) is 20.9. The van der Waals surface area contributed by atoms with Gasteiger partial charge in [-0.05, 0) is 54.8 Å². The molecule has 0 radical (unpaired) electrons. The molecule has 180 valence electrons. The van der Waals surface area contributed by atoms with Gasteiger partial charge in [-0.3, -0.25) is 0 Å². The lowest BCUT2D eigenvalue weighted by atomic mass is 10.2. The molecule has 3 aromatic carbocycles. The molecular weight excluding hydrogens is 482 g/mol. The first-order valence-corrected chi connectivity index (χ1v) is 13.6. The van der Waals surface area contributed by atoms with E-state index < -0.39 is 16.0 Å². The van der Waals surface area contributed by atoms with Gasteiger partial charge < -0.3 is 9.64 Å². The lowest BCUT2D eigenvalue weighted by Crippen LogP contribution is -2.26. The summed E-state index contributed by atoms with van der Waals surface area (Å²) in [5.41, 5.74) is 2.05. The van der Waals surface area contributed by atoms with Crippen LogP contribution in [0.5, 0.6) is 5.75 Å². The second-order valence-corrected chi connectivity index (χ2v) is 11.5. The van der Waals surface area contributed by atoms with E-state index >= 15 is 0 Å². The van der Waals surface area contributed by atoms with Crippen LogP contribution in [-0.2, 0) is 16.6 Å². The number of benzene rings is 3. The number of hydrogen-bond acceptors (Lipinski definition) is 7. The van der Waals surface area contributed by atoms with Crippen molar-refractivity contribution in [2.45, 2.75) is 24.3 Å². The largest absolute Gasteiger partial charge is 0.423 e. The molecule has 0 unspecified atom stereocenters. The van der Waals surface area contributed by atoms with Crippen molar-refractivity contribution >= 4 is 42.7 Å². The minimum Gasteiger partial charge on any atom is -0.423 e. The molecule has 1 aromatic heterocycles. The van der Waals surface area contributed by atoms with E-state index in [-0.39, 0.29) is 17.0 Å². The number of thiazole rings is 1. The fourth-order valence-corrected chi connectivity index (χ4v) is 6.24. The smallest absolute Gasteiger partial charge is 0.343 e. The molecule has 0 aliphatic carbocycles. The first-order chi connectivity index (χ1) is 16.9. The van der Waals surface area contributed by atoms with Crippen LogP contribution in [-0.4, -0.2) is 43.8 Å². The minimum atomic E-state index is -3.70. The van der Waals surface area contributed by atoms with Crippen LogP contribution in [0, 0.1) is 0 Å². The highest BCUT2D eigenvalue weighted by atomic mass is 32.2. The summed E-state index contributed by atoms with van der Waals surface area (Å²) in [7, 11) is -2.16. The van der Waals surface area contributed by atoms with Crippen molar-refractivity contribution in [1.29, 1.82) is 0 Å². The predicted octanol–water partition coefficient (Wildman–Crippen LogP) is 4.94. The third kappa shape index (κ3) is 5.07. The maximum atomic E-state index is 12.9. The minimum absolute atomic E-state index is 0.119. The first-order valence-electron chi connectivity index (χ1n) is 11.4. The van der Waals surface area contributed by atoms with Gasteiger partial charge in [-0.1, -0.05) is 41.7 Å². The molecule has 9 heteroatoms. The molecule has 4 aromatic rings. The fourth-order valence-electron chi connectivity index (χ4n) is 4.03. The molecule has 5 rings (SSSR count). The SMILES string of the molecule is CN(Cc1ccccc1)S(=O)(=O)c1ccc(C(=O)Oc2ccc3nc(N4CCCC4)sc3c2)cc1. The summed E-state index contributed by atoms with van der Waals surface area (Å²) in [6.45, 7) is 2.30. The molecule has 0 N–H and O–H groups in total. The van der Waals surface area contributed by atoms with Crippen molar-refractivity contribution in [1.82, 2.24) is 9.29 Å². The number of fused-ring (bicyclic) bond motifs is 1. The summed E-state index contributed by atoms with van der Waals surface area (Å²) in [4.78, 5) is 19.8. The summed E-state index contributed by atoms with van der Waals surface area (Å²) < 4.78 is 33.7. The van der Waals surface area contributed by atoms with E-state index in [1.807, 2.05) is 42.5 Å². The molecular formula is C26H25N3O4S2. The molecule has 2 heterocycles. The number of aromatic nitrogens is 1. The van der Waals surface area contributed by atoms with Gasteiger partial charge in [-0.25, -0.2) is 18.2 Å². The summed E-state index contributed by atoms with van der Waals surface area (Å²) in [5, 5.41) is 0.995.